The third-order valence-electron chi connectivity index (χ3n) is 5.05. The van der Waals surface area contributed by atoms with Crippen molar-refractivity contribution in [1.29, 1.82) is 0 Å². The number of H-pyrrole nitrogens is 2. The Hall–Kier alpha value is -4.46. The van der Waals surface area contributed by atoms with Crippen LogP contribution < -0.4 is 11.2 Å². The lowest BCUT2D eigenvalue weighted by atomic mass is 10.1. The van der Waals surface area contributed by atoms with Crippen LogP contribution in [0.5, 0.6) is 5.88 Å². The van der Waals surface area contributed by atoms with Gasteiger partial charge in [-0.2, -0.15) is 0 Å². The highest BCUT2D eigenvalue weighted by atomic mass is 16.3. The Morgan fingerprint density at radius 1 is 1.03 bits per heavy atom. The van der Waals surface area contributed by atoms with Crippen molar-refractivity contribution in [3.63, 3.8) is 0 Å². The zero-order valence-corrected chi connectivity index (χ0v) is 16.5. The first-order valence-electron chi connectivity index (χ1n) is 9.58. The number of aliphatic imine (C=N–C) groups is 1. The molecule has 0 radical (unpaired) electrons. The van der Waals surface area contributed by atoms with E-state index >= 15 is 0 Å². The molecular weight excluding hydrogens is 394 g/mol. The van der Waals surface area contributed by atoms with E-state index in [1.165, 1.54) is 6.21 Å². The minimum absolute atomic E-state index is 0.117. The maximum absolute atomic E-state index is 12.6. The summed E-state index contributed by atoms with van der Waals surface area (Å²) in [4.78, 5) is 39.0. The number of nitrogens with zero attached hydrogens (tertiary/aromatic N) is 3. The second kappa shape index (κ2) is 7.10. The zero-order chi connectivity index (χ0) is 21.5. The topological polar surface area (TPSA) is 116 Å². The maximum atomic E-state index is 12.6. The number of rotatable bonds is 3. The van der Waals surface area contributed by atoms with Crippen LogP contribution in [0.2, 0.25) is 0 Å². The fraction of sp³-hybridized carbons (Fsp3) is 0.0435. The second-order valence-corrected chi connectivity index (χ2v) is 7.11. The van der Waals surface area contributed by atoms with Crippen molar-refractivity contribution >= 4 is 33.7 Å². The number of aromatic nitrogens is 4. The van der Waals surface area contributed by atoms with Crippen LogP contribution in [0.15, 0.2) is 75.2 Å². The van der Waals surface area contributed by atoms with Crippen molar-refractivity contribution in [2.24, 2.45) is 4.99 Å². The van der Waals surface area contributed by atoms with Crippen molar-refractivity contribution in [1.82, 2.24) is 19.5 Å². The Bertz CT molecular complexity index is 1600. The smallest absolute Gasteiger partial charge is 0.335 e. The molecule has 0 unspecified atom stereocenters. The number of aryl methyl sites for hydroxylation is 1. The molecule has 8 nitrogen and oxygen atoms in total. The van der Waals surface area contributed by atoms with Crippen LogP contribution in [-0.2, 0) is 0 Å². The molecule has 152 valence electrons. The normalized spacial score (nSPS) is 11.6. The van der Waals surface area contributed by atoms with E-state index in [9.17, 15) is 14.7 Å². The summed E-state index contributed by atoms with van der Waals surface area (Å²) in [6, 6.07) is 18.2. The second-order valence-electron chi connectivity index (χ2n) is 7.11. The molecule has 2 aromatic heterocycles. The van der Waals surface area contributed by atoms with E-state index in [1.54, 1.807) is 24.3 Å². The monoisotopic (exact) mass is 411 g/mol. The Labute approximate surface area is 175 Å². The number of hydrogen-bond donors (Lipinski definition) is 3. The summed E-state index contributed by atoms with van der Waals surface area (Å²) < 4.78 is 1.08. The molecule has 5 rings (SSSR count). The number of aromatic hydroxyl groups is 1. The molecule has 0 aliphatic heterocycles. The summed E-state index contributed by atoms with van der Waals surface area (Å²) in [6.45, 7) is 1.86. The first kappa shape index (κ1) is 18.6. The molecule has 0 bridgehead atoms. The van der Waals surface area contributed by atoms with Gasteiger partial charge < -0.3 is 10.1 Å². The van der Waals surface area contributed by atoms with E-state index in [-0.39, 0.29) is 5.56 Å². The lowest BCUT2D eigenvalue weighted by molar-refractivity contribution is 0.430. The Morgan fingerprint density at radius 2 is 1.84 bits per heavy atom. The molecule has 0 aliphatic carbocycles. The summed E-state index contributed by atoms with van der Waals surface area (Å²) in [7, 11) is 0. The van der Waals surface area contributed by atoms with Crippen LogP contribution in [0.1, 0.15) is 11.4 Å². The molecule has 8 heteroatoms. The van der Waals surface area contributed by atoms with Gasteiger partial charge in [-0.3, -0.25) is 14.8 Å². The summed E-state index contributed by atoms with van der Waals surface area (Å²) in [5.41, 5.74) is 1.08. The maximum Gasteiger partial charge on any atom is 0.335 e. The van der Waals surface area contributed by atoms with Gasteiger partial charge in [0.15, 0.2) is 0 Å². The lowest BCUT2D eigenvalue weighted by Crippen LogP contribution is -2.31. The molecule has 0 atom stereocenters. The van der Waals surface area contributed by atoms with Crippen LogP contribution in [0.4, 0.5) is 5.69 Å². The van der Waals surface area contributed by atoms with E-state index in [2.05, 4.69) is 19.9 Å². The van der Waals surface area contributed by atoms with Crippen LogP contribution in [-0.4, -0.2) is 30.8 Å². The van der Waals surface area contributed by atoms with Gasteiger partial charge in [0, 0.05) is 11.6 Å². The van der Waals surface area contributed by atoms with Crippen molar-refractivity contribution in [2.45, 2.75) is 6.92 Å². The quantitative estimate of drug-likeness (QED) is 0.395. The molecule has 31 heavy (non-hydrogen) atoms. The first-order chi connectivity index (χ1) is 15.0. The van der Waals surface area contributed by atoms with Crippen molar-refractivity contribution in [3.8, 4) is 11.6 Å². The molecule has 0 saturated heterocycles. The van der Waals surface area contributed by atoms with Gasteiger partial charge in [-0.25, -0.2) is 14.3 Å². The Morgan fingerprint density at radius 3 is 2.71 bits per heavy atom. The minimum Gasteiger partial charge on any atom is -0.493 e. The van der Waals surface area contributed by atoms with E-state index in [4.69, 9.17) is 0 Å². The molecule has 5 aromatic rings. The van der Waals surface area contributed by atoms with Crippen LogP contribution in [0.3, 0.4) is 0 Å². The first-order valence-corrected chi connectivity index (χ1v) is 9.58. The number of imidazole rings is 1. The molecule has 3 aromatic carbocycles. The standard InChI is InChI=1S/C23H17N5O3/c1-13-25-18-10-9-15(11-19(18)26-13)24-12-17-21(29)27-23(31)28(22(17)30)20-8-4-6-14-5-2-3-7-16(14)20/h2-12,30H,1H3,(H,25,26)(H,27,29,31). The number of hydrogen-bond acceptors (Lipinski definition) is 5. The van der Waals surface area contributed by atoms with Gasteiger partial charge in [0.05, 0.1) is 22.4 Å². The predicted molar refractivity (Wildman–Crippen MR) is 120 cm³/mol. The largest absolute Gasteiger partial charge is 0.493 e. The number of nitrogens with one attached hydrogen (secondary N) is 2. The number of benzene rings is 3. The summed E-state index contributed by atoms with van der Waals surface area (Å²) in [5, 5.41) is 12.5. The summed E-state index contributed by atoms with van der Waals surface area (Å²) >= 11 is 0. The molecule has 0 spiro atoms. The van der Waals surface area contributed by atoms with Crippen molar-refractivity contribution < 1.29 is 5.11 Å². The molecular formula is C23H17N5O3. The average molecular weight is 411 g/mol. The fourth-order valence-corrected chi connectivity index (χ4v) is 3.63. The van der Waals surface area contributed by atoms with E-state index in [0.717, 1.165) is 32.2 Å². The third-order valence-corrected chi connectivity index (χ3v) is 5.05. The van der Waals surface area contributed by atoms with Gasteiger partial charge in [-0.1, -0.05) is 36.4 Å². The Kier molecular flexibility index (Phi) is 4.25. The van der Waals surface area contributed by atoms with E-state index < -0.39 is 17.1 Å². The zero-order valence-electron chi connectivity index (χ0n) is 16.5. The number of fused-ring (bicyclic) bond motifs is 2. The van der Waals surface area contributed by atoms with Gasteiger partial charge in [0.25, 0.3) is 5.56 Å². The average Bonchev–Trinajstić information content (AvgIpc) is 3.13. The van der Waals surface area contributed by atoms with Gasteiger partial charge in [0.1, 0.15) is 11.4 Å². The SMILES string of the molecule is Cc1nc2ccc(N=Cc3c(O)n(-c4cccc5ccccc45)c(=O)[nH]c3=O)cc2[nH]1. The summed E-state index contributed by atoms with van der Waals surface area (Å²) in [5.74, 6) is 0.305. The highest BCUT2D eigenvalue weighted by Gasteiger charge is 2.16. The van der Waals surface area contributed by atoms with Crippen molar-refractivity contribution in [2.75, 3.05) is 0 Å². The predicted octanol–water partition coefficient (Wildman–Crippen LogP) is 3.32. The van der Waals surface area contributed by atoms with Gasteiger partial charge >= 0.3 is 5.69 Å². The fourth-order valence-electron chi connectivity index (χ4n) is 3.63. The highest BCUT2D eigenvalue weighted by Crippen LogP contribution is 2.25. The lowest BCUT2D eigenvalue weighted by Gasteiger charge is -2.12. The molecule has 0 aliphatic rings. The molecule has 2 heterocycles. The van der Waals surface area contributed by atoms with Crippen molar-refractivity contribution in [3.05, 3.63) is 92.9 Å². The van der Waals surface area contributed by atoms with Gasteiger partial charge in [-0.05, 0) is 36.6 Å². The molecule has 0 saturated carbocycles. The van der Waals surface area contributed by atoms with E-state index in [0.29, 0.717) is 11.4 Å². The number of aromatic amines is 2. The molecule has 3 N–H and O–H groups in total. The Balaban J connectivity index is 1.65. The summed E-state index contributed by atoms with van der Waals surface area (Å²) in [6.07, 6.45) is 1.25. The van der Waals surface area contributed by atoms with Gasteiger partial charge in [-0.15, -0.1) is 0 Å². The minimum atomic E-state index is -0.731. The third kappa shape index (κ3) is 3.20. The molecule has 0 amide bonds. The van der Waals surface area contributed by atoms with Crippen LogP contribution in [0, 0.1) is 6.92 Å². The van der Waals surface area contributed by atoms with Crippen LogP contribution >= 0.6 is 0 Å². The van der Waals surface area contributed by atoms with Gasteiger partial charge in [0.2, 0.25) is 5.88 Å². The van der Waals surface area contributed by atoms with Crippen LogP contribution in [0.25, 0.3) is 27.5 Å². The molecule has 0 fully saturated rings. The highest BCUT2D eigenvalue weighted by molar-refractivity contribution is 5.91. The van der Waals surface area contributed by atoms with E-state index in [1.807, 2.05) is 43.3 Å².